The van der Waals surface area contributed by atoms with Crippen LogP contribution in [0.15, 0.2) is 126 Å². The summed E-state index contributed by atoms with van der Waals surface area (Å²) in [6.07, 6.45) is 6.26. The van der Waals surface area contributed by atoms with Gasteiger partial charge in [0.25, 0.3) is 0 Å². The van der Waals surface area contributed by atoms with Gasteiger partial charge >= 0.3 is 0 Å². The van der Waals surface area contributed by atoms with Crippen LogP contribution in [0.1, 0.15) is 17.7 Å². The molecule has 0 unspecified atom stereocenters. The number of fused-ring (bicyclic) bond motifs is 4. The molecule has 0 spiro atoms. The van der Waals surface area contributed by atoms with Crippen molar-refractivity contribution >= 4 is 27.8 Å². The summed E-state index contributed by atoms with van der Waals surface area (Å²) in [7, 11) is 0. The fraction of sp³-hybridized carbons (Fsp3) is 0.0541. The smallest absolute Gasteiger partial charge is 0.164 e. The average Bonchev–Trinajstić information content (AvgIpc) is 3.43. The van der Waals surface area contributed by atoms with Crippen LogP contribution in [0.2, 0.25) is 0 Å². The molecule has 0 N–H and O–H groups in total. The van der Waals surface area contributed by atoms with Crippen LogP contribution < -0.4 is 0 Å². The first kappa shape index (κ1) is 23.5. The fourth-order valence-electron chi connectivity index (χ4n) is 5.72. The summed E-state index contributed by atoms with van der Waals surface area (Å²) in [5.74, 6) is 2.94. The highest BCUT2D eigenvalue weighted by atomic mass is 16.3. The molecule has 5 aromatic carbocycles. The molecule has 41 heavy (non-hydrogen) atoms. The Morgan fingerprint density at radius 1 is 0.537 bits per heavy atom. The van der Waals surface area contributed by atoms with Crippen LogP contribution in [0.3, 0.4) is 0 Å². The van der Waals surface area contributed by atoms with Gasteiger partial charge in [-0.1, -0.05) is 109 Å². The van der Waals surface area contributed by atoms with Crippen LogP contribution in [0.25, 0.3) is 73.1 Å². The Hall–Kier alpha value is -5.35. The molecule has 1 aliphatic carbocycles. The standard InChI is InChI=1S/C37H25N3O/c1-3-12-25(13-4-1)35-38-36(26-14-5-2-6-15-26)40-37(39-35)31-22-29(28-20-19-24-11-7-8-16-27(24)21-28)23-33-34(31)30-17-9-10-18-32(30)41-33/h1-9,11-17,19-23H,10,18H2. The normalized spacial score (nSPS) is 12.6. The first-order valence-electron chi connectivity index (χ1n) is 13.9. The molecule has 0 bridgehead atoms. The van der Waals surface area contributed by atoms with E-state index in [2.05, 4.69) is 66.7 Å². The SMILES string of the molecule is C1=Cc2c(oc3cc(-c4ccc5ccccc5c4)cc(-c4nc(-c5ccccc5)nc(-c5ccccc5)n4)c23)CC1. The molecule has 1 aliphatic rings. The van der Waals surface area contributed by atoms with E-state index in [-0.39, 0.29) is 0 Å². The van der Waals surface area contributed by atoms with Crippen LogP contribution in [-0.2, 0) is 6.42 Å². The van der Waals surface area contributed by atoms with Gasteiger partial charge in [0.1, 0.15) is 11.3 Å². The highest BCUT2D eigenvalue weighted by molar-refractivity contribution is 6.03. The van der Waals surface area contributed by atoms with Crippen molar-refractivity contribution in [1.29, 1.82) is 0 Å². The maximum atomic E-state index is 6.51. The van der Waals surface area contributed by atoms with Crippen molar-refractivity contribution in [3.05, 3.63) is 133 Å². The number of nitrogens with zero attached hydrogens (tertiary/aromatic N) is 3. The molecule has 0 saturated heterocycles. The zero-order valence-electron chi connectivity index (χ0n) is 22.3. The summed E-state index contributed by atoms with van der Waals surface area (Å²) in [5.41, 5.74) is 7.00. The number of hydrogen-bond acceptors (Lipinski definition) is 4. The van der Waals surface area contributed by atoms with Gasteiger partial charge in [-0.15, -0.1) is 0 Å². The Kier molecular flexibility index (Phi) is 5.56. The summed E-state index contributed by atoms with van der Waals surface area (Å²) in [6, 6.07) is 39.6. The largest absolute Gasteiger partial charge is 0.460 e. The third kappa shape index (κ3) is 4.21. The summed E-state index contributed by atoms with van der Waals surface area (Å²) in [6.45, 7) is 0. The van der Waals surface area contributed by atoms with Crippen molar-refractivity contribution in [3.8, 4) is 45.3 Å². The van der Waals surface area contributed by atoms with Gasteiger partial charge in [-0.25, -0.2) is 15.0 Å². The van der Waals surface area contributed by atoms with Crippen LogP contribution in [0.5, 0.6) is 0 Å². The van der Waals surface area contributed by atoms with Gasteiger partial charge in [-0.3, -0.25) is 0 Å². The van der Waals surface area contributed by atoms with Gasteiger partial charge < -0.3 is 4.42 Å². The lowest BCUT2D eigenvalue weighted by Gasteiger charge is -2.12. The molecule has 194 valence electrons. The second-order valence-corrected chi connectivity index (χ2v) is 10.4. The molecule has 4 heteroatoms. The third-order valence-corrected chi connectivity index (χ3v) is 7.75. The molecule has 0 fully saturated rings. The molecule has 0 atom stereocenters. The first-order chi connectivity index (χ1) is 20.3. The van der Waals surface area contributed by atoms with E-state index in [1.54, 1.807) is 0 Å². The molecule has 0 amide bonds. The molecule has 4 nitrogen and oxygen atoms in total. The zero-order valence-corrected chi connectivity index (χ0v) is 22.3. The van der Waals surface area contributed by atoms with Gasteiger partial charge in [0.15, 0.2) is 17.5 Å². The number of allylic oxidation sites excluding steroid dienone is 1. The predicted octanol–water partition coefficient (Wildman–Crippen LogP) is 9.40. The number of rotatable bonds is 4. The van der Waals surface area contributed by atoms with E-state index in [0.29, 0.717) is 17.5 Å². The van der Waals surface area contributed by atoms with Crippen molar-refractivity contribution in [2.45, 2.75) is 12.8 Å². The topological polar surface area (TPSA) is 51.8 Å². The minimum Gasteiger partial charge on any atom is -0.460 e. The molecule has 0 radical (unpaired) electrons. The molecule has 0 aliphatic heterocycles. The monoisotopic (exact) mass is 527 g/mol. The minimum atomic E-state index is 0.632. The van der Waals surface area contributed by atoms with E-state index in [0.717, 1.165) is 63.0 Å². The molecule has 8 rings (SSSR count). The van der Waals surface area contributed by atoms with Gasteiger partial charge in [-0.2, -0.15) is 0 Å². The summed E-state index contributed by atoms with van der Waals surface area (Å²) >= 11 is 0. The predicted molar refractivity (Wildman–Crippen MR) is 166 cm³/mol. The Morgan fingerprint density at radius 2 is 1.20 bits per heavy atom. The number of furan rings is 1. The number of aryl methyl sites for hydroxylation is 1. The van der Waals surface area contributed by atoms with Crippen LogP contribution in [0.4, 0.5) is 0 Å². The second kappa shape index (κ2) is 9.68. The molecule has 2 heterocycles. The van der Waals surface area contributed by atoms with Crippen molar-refractivity contribution in [2.75, 3.05) is 0 Å². The third-order valence-electron chi connectivity index (χ3n) is 7.75. The zero-order chi connectivity index (χ0) is 27.2. The highest BCUT2D eigenvalue weighted by Gasteiger charge is 2.22. The van der Waals surface area contributed by atoms with E-state index in [1.165, 1.54) is 10.8 Å². The van der Waals surface area contributed by atoms with Crippen LogP contribution in [-0.4, -0.2) is 15.0 Å². The Labute approximate surface area is 237 Å². The fourth-order valence-corrected chi connectivity index (χ4v) is 5.72. The van der Waals surface area contributed by atoms with E-state index in [4.69, 9.17) is 19.4 Å². The van der Waals surface area contributed by atoms with Crippen LogP contribution in [0, 0.1) is 0 Å². The van der Waals surface area contributed by atoms with Crippen molar-refractivity contribution in [2.24, 2.45) is 0 Å². The summed E-state index contributed by atoms with van der Waals surface area (Å²) in [4.78, 5) is 15.1. The van der Waals surface area contributed by atoms with Gasteiger partial charge in [0.05, 0.1) is 0 Å². The van der Waals surface area contributed by atoms with E-state index >= 15 is 0 Å². The van der Waals surface area contributed by atoms with Gasteiger partial charge in [0.2, 0.25) is 0 Å². The highest BCUT2D eigenvalue weighted by Crippen LogP contribution is 2.41. The average molecular weight is 528 g/mol. The lowest BCUT2D eigenvalue weighted by Crippen LogP contribution is -2.01. The number of benzene rings is 5. The van der Waals surface area contributed by atoms with Gasteiger partial charge in [-0.05, 0) is 46.5 Å². The maximum Gasteiger partial charge on any atom is 0.164 e. The lowest BCUT2D eigenvalue weighted by atomic mass is 9.94. The Morgan fingerprint density at radius 3 is 1.93 bits per heavy atom. The van der Waals surface area contributed by atoms with Crippen molar-refractivity contribution in [1.82, 2.24) is 15.0 Å². The van der Waals surface area contributed by atoms with E-state index < -0.39 is 0 Å². The first-order valence-corrected chi connectivity index (χ1v) is 13.9. The second-order valence-electron chi connectivity index (χ2n) is 10.4. The summed E-state index contributed by atoms with van der Waals surface area (Å²) < 4.78 is 6.51. The van der Waals surface area contributed by atoms with Gasteiger partial charge in [0, 0.05) is 34.1 Å². The Bertz CT molecular complexity index is 2040. The minimum absolute atomic E-state index is 0.632. The number of aromatic nitrogens is 3. The molecule has 7 aromatic rings. The molecular weight excluding hydrogens is 502 g/mol. The van der Waals surface area contributed by atoms with E-state index in [1.807, 2.05) is 60.7 Å². The van der Waals surface area contributed by atoms with Crippen molar-refractivity contribution < 1.29 is 4.42 Å². The molecule has 2 aromatic heterocycles. The molecule has 0 saturated carbocycles. The van der Waals surface area contributed by atoms with Crippen LogP contribution >= 0.6 is 0 Å². The molecular formula is C37H25N3O. The van der Waals surface area contributed by atoms with Crippen molar-refractivity contribution in [3.63, 3.8) is 0 Å². The summed E-state index contributed by atoms with van der Waals surface area (Å²) in [5, 5.41) is 3.46. The maximum absolute atomic E-state index is 6.51. The van der Waals surface area contributed by atoms with E-state index in [9.17, 15) is 0 Å². The lowest BCUT2D eigenvalue weighted by molar-refractivity contribution is 0.546. The quantitative estimate of drug-likeness (QED) is 0.229. The number of hydrogen-bond donors (Lipinski definition) is 0. The Balaban J connectivity index is 1.41.